The second-order valence-corrected chi connectivity index (χ2v) is 5.74. The van der Waals surface area contributed by atoms with E-state index in [0.29, 0.717) is 6.54 Å². The molecule has 0 saturated heterocycles. The van der Waals surface area contributed by atoms with Gasteiger partial charge in [-0.2, -0.15) is 0 Å². The van der Waals surface area contributed by atoms with Crippen molar-refractivity contribution in [3.8, 4) is 0 Å². The molecule has 2 rings (SSSR count). The zero-order valence-corrected chi connectivity index (χ0v) is 11.8. The molecule has 2 N–H and O–H groups in total. The van der Waals surface area contributed by atoms with E-state index in [9.17, 15) is 0 Å². The average molecular weight is 261 g/mol. The number of aromatic nitrogens is 2. The van der Waals surface area contributed by atoms with E-state index in [-0.39, 0.29) is 0 Å². The minimum absolute atomic E-state index is 0.714. The van der Waals surface area contributed by atoms with Crippen molar-refractivity contribution in [1.29, 1.82) is 0 Å². The molecule has 0 radical (unpaired) electrons. The number of nitrogens with zero attached hydrogens (tertiary/aromatic N) is 2. The fraction of sp³-hybridized carbons (Fsp3) is 0.429. The summed E-state index contributed by atoms with van der Waals surface area (Å²) in [6.07, 6.45) is 2.81. The van der Waals surface area contributed by atoms with Gasteiger partial charge in [0.2, 0.25) is 0 Å². The van der Waals surface area contributed by atoms with Gasteiger partial charge in [0.1, 0.15) is 10.0 Å². The first-order valence-corrected chi connectivity index (χ1v) is 7.08. The second kappa shape index (κ2) is 6.07. The number of hydrogen-bond donors (Lipinski definition) is 1. The third-order valence-electron chi connectivity index (χ3n) is 2.95. The molecule has 0 aliphatic rings. The molecular formula is C14H19N3S. The van der Waals surface area contributed by atoms with Crippen LogP contribution in [0.5, 0.6) is 0 Å². The van der Waals surface area contributed by atoms with Gasteiger partial charge in [0.25, 0.3) is 0 Å². The molecular weight excluding hydrogens is 242 g/mol. The molecule has 0 spiro atoms. The smallest absolute Gasteiger partial charge is 0.121 e. The maximum Gasteiger partial charge on any atom is 0.121 e. The van der Waals surface area contributed by atoms with E-state index in [4.69, 9.17) is 5.73 Å². The minimum atomic E-state index is 0.714. The van der Waals surface area contributed by atoms with Crippen molar-refractivity contribution in [2.45, 2.75) is 33.1 Å². The van der Waals surface area contributed by atoms with E-state index < -0.39 is 0 Å². The Morgan fingerprint density at radius 2 is 1.94 bits per heavy atom. The fourth-order valence-electron chi connectivity index (χ4n) is 1.87. The third kappa shape index (κ3) is 3.37. The van der Waals surface area contributed by atoms with Crippen LogP contribution in [-0.4, -0.2) is 16.7 Å². The lowest BCUT2D eigenvalue weighted by Crippen LogP contribution is -1.99. The Morgan fingerprint density at radius 3 is 2.72 bits per heavy atom. The summed E-state index contributed by atoms with van der Waals surface area (Å²) in [5.41, 5.74) is 9.46. The summed E-state index contributed by atoms with van der Waals surface area (Å²) in [7, 11) is 0. The van der Waals surface area contributed by atoms with Gasteiger partial charge in [0, 0.05) is 12.8 Å². The molecule has 0 aliphatic carbocycles. The normalized spacial score (nSPS) is 10.8. The molecule has 96 valence electrons. The van der Waals surface area contributed by atoms with Gasteiger partial charge < -0.3 is 5.73 Å². The Morgan fingerprint density at radius 1 is 1.17 bits per heavy atom. The van der Waals surface area contributed by atoms with Crippen molar-refractivity contribution in [2.75, 3.05) is 6.54 Å². The molecule has 0 amide bonds. The zero-order chi connectivity index (χ0) is 13.0. The maximum atomic E-state index is 5.50. The number of benzene rings is 1. The number of nitrogens with two attached hydrogens (primary N) is 1. The SMILES string of the molecule is Cc1ccc(C)c(Cc2nnc(CCCN)s2)c1. The highest BCUT2D eigenvalue weighted by Crippen LogP contribution is 2.19. The van der Waals surface area contributed by atoms with E-state index in [0.717, 1.165) is 29.3 Å². The van der Waals surface area contributed by atoms with Gasteiger partial charge >= 0.3 is 0 Å². The molecule has 2 aromatic rings. The predicted octanol–water partition coefficient (Wildman–Crippen LogP) is 2.64. The molecule has 1 aromatic carbocycles. The molecule has 0 fully saturated rings. The van der Waals surface area contributed by atoms with Gasteiger partial charge in [0.05, 0.1) is 0 Å². The summed E-state index contributed by atoms with van der Waals surface area (Å²) < 4.78 is 0. The highest BCUT2D eigenvalue weighted by atomic mass is 32.1. The molecule has 0 unspecified atom stereocenters. The molecule has 0 aliphatic heterocycles. The van der Waals surface area contributed by atoms with Crippen molar-refractivity contribution in [3.63, 3.8) is 0 Å². The number of rotatable bonds is 5. The standard InChI is InChI=1S/C14H19N3S/c1-10-5-6-11(2)12(8-10)9-14-17-16-13(18-14)4-3-7-15/h5-6,8H,3-4,7,9,15H2,1-2H3. The predicted molar refractivity (Wildman–Crippen MR) is 76.0 cm³/mol. The molecule has 0 atom stereocenters. The van der Waals surface area contributed by atoms with Gasteiger partial charge in [-0.05, 0) is 37.9 Å². The summed E-state index contributed by atoms with van der Waals surface area (Å²) in [6.45, 7) is 4.98. The van der Waals surface area contributed by atoms with Gasteiger partial charge in [-0.1, -0.05) is 23.8 Å². The lowest BCUT2D eigenvalue weighted by atomic mass is 10.0. The van der Waals surface area contributed by atoms with Crippen molar-refractivity contribution >= 4 is 11.3 Å². The Balaban J connectivity index is 2.08. The van der Waals surface area contributed by atoms with Crippen LogP contribution >= 0.6 is 11.3 Å². The zero-order valence-electron chi connectivity index (χ0n) is 10.9. The highest BCUT2D eigenvalue weighted by Gasteiger charge is 2.07. The third-order valence-corrected chi connectivity index (χ3v) is 3.93. The van der Waals surface area contributed by atoms with Crippen molar-refractivity contribution < 1.29 is 0 Å². The quantitative estimate of drug-likeness (QED) is 0.900. The second-order valence-electron chi connectivity index (χ2n) is 4.59. The van der Waals surface area contributed by atoms with E-state index in [1.165, 1.54) is 16.7 Å². The van der Waals surface area contributed by atoms with E-state index in [1.807, 2.05) is 0 Å². The van der Waals surface area contributed by atoms with Crippen LogP contribution in [0, 0.1) is 13.8 Å². The maximum absolute atomic E-state index is 5.50. The molecule has 0 saturated carbocycles. The molecule has 4 heteroatoms. The number of aryl methyl sites for hydroxylation is 3. The Kier molecular flexibility index (Phi) is 4.44. The molecule has 3 nitrogen and oxygen atoms in total. The van der Waals surface area contributed by atoms with E-state index in [1.54, 1.807) is 11.3 Å². The minimum Gasteiger partial charge on any atom is -0.330 e. The Bertz CT molecular complexity index is 520. The lowest BCUT2D eigenvalue weighted by molar-refractivity contribution is 0.809. The van der Waals surface area contributed by atoms with Crippen LogP contribution in [0.15, 0.2) is 18.2 Å². The first-order chi connectivity index (χ1) is 8.69. The summed E-state index contributed by atoms with van der Waals surface area (Å²) >= 11 is 1.70. The van der Waals surface area contributed by atoms with Crippen LogP contribution in [0.25, 0.3) is 0 Å². The van der Waals surface area contributed by atoms with Gasteiger partial charge in [-0.3, -0.25) is 0 Å². The Labute approximate surface area is 112 Å². The fourth-order valence-corrected chi connectivity index (χ4v) is 2.78. The first-order valence-electron chi connectivity index (χ1n) is 6.26. The largest absolute Gasteiger partial charge is 0.330 e. The molecule has 1 aromatic heterocycles. The molecule has 18 heavy (non-hydrogen) atoms. The summed E-state index contributed by atoms with van der Waals surface area (Å²) in [6, 6.07) is 6.54. The molecule has 0 bridgehead atoms. The van der Waals surface area contributed by atoms with Crippen LogP contribution in [-0.2, 0) is 12.8 Å². The van der Waals surface area contributed by atoms with Crippen molar-refractivity contribution in [3.05, 3.63) is 44.9 Å². The summed E-state index contributed by atoms with van der Waals surface area (Å²) in [4.78, 5) is 0. The van der Waals surface area contributed by atoms with E-state index >= 15 is 0 Å². The topological polar surface area (TPSA) is 51.8 Å². The Hall–Kier alpha value is -1.26. The van der Waals surface area contributed by atoms with Gasteiger partial charge in [-0.15, -0.1) is 21.5 Å². The van der Waals surface area contributed by atoms with Gasteiger partial charge in [-0.25, -0.2) is 0 Å². The summed E-state index contributed by atoms with van der Waals surface area (Å²) in [5, 5.41) is 10.7. The monoisotopic (exact) mass is 261 g/mol. The number of hydrogen-bond acceptors (Lipinski definition) is 4. The average Bonchev–Trinajstić information content (AvgIpc) is 2.79. The lowest BCUT2D eigenvalue weighted by Gasteiger charge is -2.04. The highest BCUT2D eigenvalue weighted by molar-refractivity contribution is 7.11. The van der Waals surface area contributed by atoms with Crippen molar-refractivity contribution in [2.24, 2.45) is 5.73 Å². The van der Waals surface area contributed by atoms with Crippen LogP contribution in [0.2, 0.25) is 0 Å². The first kappa shape index (κ1) is 13.2. The van der Waals surface area contributed by atoms with Crippen LogP contribution in [0.4, 0.5) is 0 Å². The van der Waals surface area contributed by atoms with E-state index in [2.05, 4.69) is 42.2 Å². The van der Waals surface area contributed by atoms with Crippen molar-refractivity contribution in [1.82, 2.24) is 10.2 Å². The van der Waals surface area contributed by atoms with Crippen LogP contribution in [0.1, 0.15) is 33.1 Å². The van der Waals surface area contributed by atoms with Crippen LogP contribution in [0.3, 0.4) is 0 Å². The molecule has 1 heterocycles. The van der Waals surface area contributed by atoms with Crippen LogP contribution < -0.4 is 5.73 Å². The van der Waals surface area contributed by atoms with Gasteiger partial charge in [0.15, 0.2) is 0 Å². The summed E-state index contributed by atoms with van der Waals surface area (Å²) in [5.74, 6) is 0.